The van der Waals surface area contributed by atoms with Crippen LogP contribution in [0.25, 0.3) is 11.4 Å². The molecule has 31 heavy (non-hydrogen) atoms. The largest absolute Gasteiger partial charge is 0.445 e. The van der Waals surface area contributed by atoms with Crippen molar-refractivity contribution >= 4 is 0 Å². The number of hydrogen-bond donors (Lipinski definition) is 0. The predicted molar refractivity (Wildman–Crippen MR) is 120 cm³/mol. The Kier molecular flexibility index (Phi) is 4.64. The highest BCUT2D eigenvalue weighted by Crippen LogP contribution is 2.36. The first-order chi connectivity index (χ1) is 15.1. The van der Waals surface area contributed by atoms with Gasteiger partial charge in [-0.3, -0.25) is 4.79 Å². The van der Waals surface area contributed by atoms with Gasteiger partial charge in [-0.15, -0.1) is 0 Å². The van der Waals surface area contributed by atoms with Gasteiger partial charge >= 0.3 is 5.69 Å². The molecule has 0 radical (unpaired) electrons. The molecule has 4 aromatic rings. The summed E-state index contributed by atoms with van der Waals surface area (Å²) in [6, 6.07) is 28.0. The van der Waals surface area contributed by atoms with Crippen LogP contribution in [0.5, 0.6) is 5.88 Å². The second-order valence-corrected chi connectivity index (χ2v) is 7.42. The normalized spacial score (nSPS) is 15.0. The number of allylic oxidation sites excluding steroid dienone is 2. The zero-order chi connectivity index (χ0) is 21.4. The molecular formula is C26H20N2O3. The third kappa shape index (κ3) is 3.20. The Labute approximate surface area is 179 Å². The molecule has 1 atom stereocenters. The summed E-state index contributed by atoms with van der Waals surface area (Å²) in [5.74, 6) is 0.576. The molecular weight excluding hydrogens is 388 g/mol. The quantitative estimate of drug-likeness (QED) is 0.504. The average molecular weight is 408 g/mol. The summed E-state index contributed by atoms with van der Waals surface area (Å²) in [5.41, 5.74) is 1.70. The number of nitrogens with zero attached hydrogens (tertiary/aromatic N) is 2. The Morgan fingerprint density at radius 2 is 1.23 bits per heavy atom. The Hall–Kier alpha value is -4.12. The third-order valence-corrected chi connectivity index (χ3v) is 5.41. The minimum Gasteiger partial charge on any atom is -0.445 e. The minimum absolute atomic E-state index is 0.266. The number of hydrogen-bond acceptors (Lipinski definition) is 3. The van der Waals surface area contributed by atoms with Crippen molar-refractivity contribution in [3.63, 3.8) is 0 Å². The highest BCUT2D eigenvalue weighted by Gasteiger charge is 2.31. The number of para-hydroxylation sites is 2. The van der Waals surface area contributed by atoms with E-state index in [-0.39, 0.29) is 17.4 Å². The maximum atomic E-state index is 13.7. The van der Waals surface area contributed by atoms with E-state index in [0.29, 0.717) is 22.7 Å². The Bertz CT molecular complexity index is 1390. The lowest BCUT2D eigenvalue weighted by atomic mass is 9.90. The molecule has 0 fully saturated rings. The summed E-state index contributed by atoms with van der Waals surface area (Å²) in [7, 11) is 0. The van der Waals surface area contributed by atoms with Gasteiger partial charge in [0.1, 0.15) is 0 Å². The van der Waals surface area contributed by atoms with Crippen LogP contribution in [0.2, 0.25) is 0 Å². The average Bonchev–Trinajstić information content (AvgIpc) is 2.80. The highest BCUT2D eigenvalue weighted by atomic mass is 16.5. The van der Waals surface area contributed by atoms with Gasteiger partial charge < -0.3 is 4.74 Å². The minimum atomic E-state index is -0.470. The van der Waals surface area contributed by atoms with Crippen molar-refractivity contribution in [2.75, 3.05) is 0 Å². The Balaban J connectivity index is 1.91. The first-order valence-corrected chi connectivity index (χ1v) is 10.1. The van der Waals surface area contributed by atoms with Crippen LogP contribution in [0.15, 0.2) is 112 Å². The fraction of sp³-hybridized carbons (Fsp3) is 0.0769. The molecule has 3 aromatic carbocycles. The van der Waals surface area contributed by atoms with Gasteiger partial charge in [0.15, 0.2) is 0 Å². The topological polar surface area (TPSA) is 53.2 Å². The molecule has 0 aliphatic carbocycles. The van der Waals surface area contributed by atoms with E-state index in [4.69, 9.17) is 4.74 Å². The highest BCUT2D eigenvalue weighted by molar-refractivity contribution is 5.50. The summed E-state index contributed by atoms with van der Waals surface area (Å²) in [6.45, 7) is 1.83. The Morgan fingerprint density at radius 1 is 0.710 bits per heavy atom. The molecule has 5 nitrogen and oxygen atoms in total. The van der Waals surface area contributed by atoms with E-state index in [0.717, 1.165) is 5.56 Å². The van der Waals surface area contributed by atoms with E-state index in [1.165, 1.54) is 9.13 Å². The van der Waals surface area contributed by atoms with Gasteiger partial charge in [-0.2, -0.15) is 0 Å². The van der Waals surface area contributed by atoms with Gasteiger partial charge in [0.2, 0.25) is 5.88 Å². The number of rotatable bonds is 3. The molecule has 152 valence electrons. The van der Waals surface area contributed by atoms with Crippen molar-refractivity contribution in [3.8, 4) is 17.3 Å². The lowest BCUT2D eigenvalue weighted by molar-refractivity contribution is 0.371. The van der Waals surface area contributed by atoms with Crippen molar-refractivity contribution in [2.24, 2.45) is 0 Å². The first-order valence-electron chi connectivity index (χ1n) is 10.1. The van der Waals surface area contributed by atoms with Gasteiger partial charge in [-0.05, 0) is 42.8 Å². The summed E-state index contributed by atoms with van der Waals surface area (Å²) in [6.07, 6.45) is 1.92. The molecule has 1 aliphatic rings. The summed E-state index contributed by atoms with van der Waals surface area (Å²) in [4.78, 5) is 27.4. The zero-order valence-corrected chi connectivity index (χ0v) is 16.9. The SMILES string of the molecule is CC1=CC(c2ccccc2)c2c(n(-c3ccccc3)c(=O)n(-c3ccccc3)c2=O)O1. The number of fused-ring (bicyclic) bond motifs is 1. The molecule has 5 heteroatoms. The molecule has 0 saturated carbocycles. The van der Waals surface area contributed by atoms with Crippen LogP contribution in [0.1, 0.15) is 24.0 Å². The van der Waals surface area contributed by atoms with E-state index in [9.17, 15) is 9.59 Å². The molecule has 5 rings (SSSR count). The fourth-order valence-corrected chi connectivity index (χ4v) is 4.01. The molecule has 1 aliphatic heterocycles. The van der Waals surface area contributed by atoms with Crippen LogP contribution >= 0.6 is 0 Å². The van der Waals surface area contributed by atoms with Crippen LogP contribution in [-0.4, -0.2) is 9.13 Å². The monoisotopic (exact) mass is 408 g/mol. The molecule has 0 spiro atoms. The second-order valence-electron chi connectivity index (χ2n) is 7.42. The summed E-state index contributed by atoms with van der Waals surface area (Å²) in [5, 5.41) is 0. The van der Waals surface area contributed by atoms with E-state index in [2.05, 4.69) is 0 Å². The fourth-order valence-electron chi connectivity index (χ4n) is 4.01. The summed E-state index contributed by atoms with van der Waals surface area (Å²) >= 11 is 0. The number of benzene rings is 3. The maximum absolute atomic E-state index is 13.7. The van der Waals surface area contributed by atoms with Crippen LogP contribution in [0.3, 0.4) is 0 Å². The molecule has 0 amide bonds. The molecule has 2 heterocycles. The predicted octanol–water partition coefficient (Wildman–Crippen LogP) is 4.42. The Morgan fingerprint density at radius 3 is 1.81 bits per heavy atom. The van der Waals surface area contributed by atoms with Crippen molar-refractivity contribution in [2.45, 2.75) is 12.8 Å². The van der Waals surface area contributed by atoms with Crippen molar-refractivity contribution in [1.82, 2.24) is 9.13 Å². The van der Waals surface area contributed by atoms with E-state index >= 15 is 0 Å². The third-order valence-electron chi connectivity index (χ3n) is 5.41. The van der Waals surface area contributed by atoms with E-state index in [1.807, 2.05) is 91.9 Å². The molecule has 0 bridgehead atoms. The number of ether oxygens (including phenoxy) is 1. The molecule has 0 N–H and O–H groups in total. The molecule has 1 unspecified atom stereocenters. The standard InChI is InChI=1S/C26H20N2O3/c1-18-17-22(19-11-5-2-6-12-19)23-24(29)27(20-13-7-3-8-14-20)26(30)28(25(23)31-18)21-15-9-4-10-16-21/h2-17,22H,1H3. The summed E-state index contributed by atoms with van der Waals surface area (Å²) < 4.78 is 8.74. The van der Waals surface area contributed by atoms with Crippen LogP contribution in [0, 0.1) is 0 Å². The van der Waals surface area contributed by atoms with Gasteiger partial charge in [-0.1, -0.05) is 66.7 Å². The van der Waals surface area contributed by atoms with E-state index < -0.39 is 5.69 Å². The maximum Gasteiger partial charge on any atom is 0.343 e. The lowest BCUT2D eigenvalue weighted by Gasteiger charge is -2.27. The van der Waals surface area contributed by atoms with Crippen LogP contribution in [0.4, 0.5) is 0 Å². The first kappa shape index (κ1) is 18.9. The lowest BCUT2D eigenvalue weighted by Crippen LogP contribution is -2.42. The number of aromatic nitrogens is 2. The van der Waals surface area contributed by atoms with Gasteiger partial charge in [-0.25, -0.2) is 13.9 Å². The van der Waals surface area contributed by atoms with Gasteiger partial charge in [0.25, 0.3) is 5.56 Å². The van der Waals surface area contributed by atoms with Crippen LogP contribution in [-0.2, 0) is 0 Å². The van der Waals surface area contributed by atoms with Crippen LogP contribution < -0.4 is 16.0 Å². The van der Waals surface area contributed by atoms with Gasteiger partial charge in [0, 0.05) is 5.92 Å². The second kappa shape index (κ2) is 7.61. The van der Waals surface area contributed by atoms with E-state index in [1.54, 1.807) is 12.1 Å². The van der Waals surface area contributed by atoms with Crippen molar-refractivity contribution in [1.29, 1.82) is 0 Å². The van der Waals surface area contributed by atoms with Crippen molar-refractivity contribution < 1.29 is 4.74 Å². The smallest absolute Gasteiger partial charge is 0.343 e. The molecule has 0 saturated heterocycles. The zero-order valence-electron chi connectivity index (χ0n) is 16.9. The van der Waals surface area contributed by atoms with Gasteiger partial charge in [0.05, 0.1) is 22.7 Å². The molecule has 1 aromatic heterocycles. The van der Waals surface area contributed by atoms with Crippen molar-refractivity contribution in [3.05, 3.63) is 135 Å².